The van der Waals surface area contributed by atoms with Crippen LogP contribution in [0.4, 0.5) is 0 Å². The van der Waals surface area contributed by atoms with Crippen molar-refractivity contribution in [2.75, 3.05) is 33.0 Å². The van der Waals surface area contributed by atoms with Crippen molar-refractivity contribution in [2.45, 2.75) is 26.2 Å². The normalized spacial score (nSPS) is 15.4. The van der Waals surface area contributed by atoms with Gasteiger partial charge in [0.25, 0.3) is 5.91 Å². The SMILES string of the molecule is CCOCCOCCC(=O)ON1CCCC1=O. The average Bonchev–Trinajstić information content (AvgIpc) is 2.69. The molecule has 1 amide bonds. The summed E-state index contributed by atoms with van der Waals surface area (Å²) in [6.45, 7) is 4.33. The van der Waals surface area contributed by atoms with Crippen LogP contribution in [0.25, 0.3) is 0 Å². The molecule has 1 heterocycles. The Hall–Kier alpha value is -1.14. The van der Waals surface area contributed by atoms with Gasteiger partial charge in [-0.2, -0.15) is 5.06 Å². The van der Waals surface area contributed by atoms with E-state index in [-0.39, 0.29) is 18.9 Å². The van der Waals surface area contributed by atoms with Crippen LogP contribution in [-0.4, -0.2) is 49.9 Å². The first kappa shape index (κ1) is 13.9. The topological polar surface area (TPSA) is 65.1 Å². The molecule has 1 aliphatic rings. The fourth-order valence-corrected chi connectivity index (χ4v) is 1.41. The Morgan fingerprint density at radius 1 is 1.29 bits per heavy atom. The lowest BCUT2D eigenvalue weighted by molar-refractivity contribution is -0.193. The molecule has 1 fully saturated rings. The Morgan fingerprint density at radius 3 is 2.71 bits per heavy atom. The van der Waals surface area contributed by atoms with Crippen LogP contribution < -0.4 is 0 Å². The summed E-state index contributed by atoms with van der Waals surface area (Å²) >= 11 is 0. The molecule has 0 saturated carbocycles. The lowest BCUT2D eigenvalue weighted by Gasteiger charge is -2.14. The molecule has 1 saturated heterocycles. The number of hydrogen-bond acceptors (Lipinski definition) is 5. The van der Waals surface area contributed by atoms with E-state index in [9.17, 15) is 9.59 Å². The molecule has 0 spiro atoms. The van der Waals surface area contributed by atoms with Crippen LogP contribution in [-0.2, 0) is 23.9 Å². The van der Waals surface area contributed by atoms with Gasteiger partial charge in [0.05, 0.1) is 32.8 Å². The van der Waals surface area contributed by atoms with Crippen LogP contribution in [0.1, 0.15) is 26.2 Å². The van der Waals surface area contributed by atoms with E-state index in [2.05, 4.69) is 0 Å². The number of carbonyl (C=O) groups excluding carboxylic acids is 2. The minimum absolute atomic E-state index is 0.129. The zero-order valence-electron chi connectivity index (χ0n) is 10.1. The molecule has 1 rings (SSSR count). The maximum atomic E-state index is 11.3. The number of ether oxygens (including phenoxy) is 2. The summed E-state index contributed by atoms with van der Waals surface area (Å²) in [7, 11) is 0. The van der Waals surface area contributed by atoms with Gasteiger partial charge in [0.15, 0.2) is 0 Å². The van der Waals surface area contributed by atoms with E-state index in [0.29, 0.717) is 32.8 Å². The maximum Gasteiger partial charge on any atom is 0.334 e. The average molecular weight is 245 g/mol. The molecular formula is C11H19NO5. The Morgan fingerprint density at radius 2 is 2.06 bits per heavy atom. The van der Waals surface area contributed by atoms with Crippen LogP contribution in [0, 0.1) is 0 Å². The molecular weight excluding hydrogens is 226 g/mol. The fraction of sp³-hybridized carbons (Fsp3) is 0.818. The summed E-state index contributed by atoms with van der Waals surface area (Å²) < 4.78 is 10.2. The predicted molar refractivity (Wildman–Crippen MR) is 59.0 cm³/mol. The molecule has 6 heteroatoms. The van der Waals surface area contributed by atoms with Gasteiger partial charge < -0.3 is 14.3 Å². The molecule has 17 heavy (non-hydrogen) atoms. The summed E-state index contributed by atoms with van der Waals surface area (Å²) in [5, 5.41) is 1.13. The van der Waals surface area contributed by atoms with E-state index in [1.54, 1.807) is 0 Å². The van der Waals surface area contributed by atoms with E-state index in [0.717, 1.165) is 11.5 Å². The quantitative estimate of drug-likeness (QED) is 0.583. The molecule has 98 valence electrons. The summed E-state index contributed by atoms with van der Waals surface area (Å²) in [6, 6.07) is 0. The largest absolute Gasteiger partial charge is 0.379 e. The zero-order chi connectivity index (χ0) is 12.5. The van der Waals surface area contributed by atoms with Crippen molar-refractivity contribution >= 4 is 11.9 Å². The Kier molecular flexibility index (Phi) is 6.57. The minimum atomic E-state index is -0.434. The van der Waals surface area contributed by atoms with E-state index in [1.165, 1.54) is 0 Å². The molecule has 0 aromatic rings. The first-order chi connectivity index (χ1) is 8.24. The van der Waals surface area contributed by atoms with E-state index >= 15 is 0 Å². The first-order valence-electron chi connectivity index (χ1n) is 5.90. The third kappa shape index (κ3) is 5.65. The Bertz CT molecular complexity index is 256. The number of carbonyl (C=O) groups is 2. The maximum absolute atomic E-state index is 11.3. The van der Waals surface area contributed by atoms with Gasteiger partial charge in [0, 0.05) is 13.0 Å². The molecule has 0 bridgehead atoms. The lowest BCUT2D eigenvalue weighted by Crippen LogP contribution is -2.28. The molecule has 0 N–H and O–H groups in total. The van der Waals surface area contributed by atoms with Crippen molar-refractivity contribution in [2.24, 2.45) is 0 Å². The second-order valence-electron chi connectivity index (χ2n) is 3.62. The van der Waals surface area contributed by atoms with E-state index in [1.807, 2.05) is 6.92 Å². The van der Waals surface area contributed by atoms with Crippen molar-refractivity contribution in [1.29, 1.82) is 0 Å². The van der Waals surface area contributed by atoms with Crippen LogP contribution >= 0.6 is 0 Å². The van der Waals surface area contributed by atoms with Crippen LogP contribution in [0.15, 0.2) is 0 Å². The van der Waals surface area contributed by atoms with Gasteiger partial charge in [-0.25, -0.2) is 4.79 Å². The van der Waals surface area contributed by atoms with Gasteiger partial charge in [-0.15, -0.1) is 0 Å². The van der Waals surface area contributed by atoms with Gasteiger partial charge >= 0.3 is 5.97 Å². The smallest absolute Gasteiger partial charge is 0.334 e. The third-order valence-electron chi connectivity index (χ3n) is 2.27. The number of amides is 1. The van der Waals surface area contributed by atoms with E-state index < -0.39 is 5.97 Å². The highest BCUT2D eigenvalue weighted by atomic mass is 16.7. The second kappa shape index (κ2) is 8.03. The summed E-state index contributed by atoms with van der Waals surface area (Å²) in [6.07, 6.45) is 1.35. The van der Waals surface area contributed by atoms with Crippen molar-refractivity contribution in [3.8, 4) is 0 Å². The second-order valence-corrected chi connectivity index (χ2v) is 3.62. The molecule has 0 aliphatic carbocycles. The van der Waals surface area contributed by atoms with Crippen molar-refractivity contribution < 1.29 is 23.9 Å². The first-order valence-corrected chi connectivity index (χ1v) is 5.90. The molecule has 0 radical (unpaired) electrons. The standard InChI is InChI=1S/C11H19NO5/c1-2-15-8-9-16-7-5-11(14)17-12-6-3-4-10(12)13/h2-9H2,1H3. The van der Waals surface area contributed by atoms with Crippen molar-refractivity contribution in [1.82, 2.24) is 5.06 Å². The summed E-state index contributed by atoms with van der Waals surface area (Å²) in [4.78, 5) is 27.3. The molecule has 0 atom stereocenters. The predicted octanol–water partition coefficient (Wildman–Crippen LogP) is 0.510. The fourth-order valence-electron chi connectivity index (χ4n) is 1.41. The zero-order valence-corrected chi connectivity index (χ0v) is 10.1. The number of hydroxylamine groups is 2. The molecule has 6 nitrogen and oxygen atoms in total. The Labute approximate surface area is 101 Å². The number of nitrogens with zero attached hydrogens (tertiary/aromatic N) is 1. The molecule has 0 unspecified atom stereocenters. The Balaban J connectivity index is 1.99. The highest BCUT2D eigenvalue weighted by molar-refractivity contribution is 5.79. The lowest BCUT2D eigenvalue weighted by atomic mass is 10.4. The summed E-state index contributed by atoms with van der Waals surface area (Å²) in [5.74, 6) is -0.563. The molecule has 0 aromatic carbocycles. The third-order valence-corrected chi connectivity index (χ3v) is 2.27. The highest BCUT2D eigenvalue weighted by Crippen LogP contribution is 2.10. The van der Waals surface area contributed by atoms with Crippen molar-refractivity contribution in [3.63, 3.8) is 0 Å². The van der Waals surface area contributed by atoms with Gasteiger partial charge in [-0.05, 0) is 13.3 Å². The number of rotatable bonds is 8. The van der Waals surface area contributed by atoms with Gasteiger partial charge in [-0.3, -0.25) is 4.79 Å². The molecule has 1 aliphatic heterocycles. The monoisotopic (exact) mass is 245 g/mol. The van der Waals surface area contributed by atoms with Gasteiger partial charge in [-0.1, -0.05) is 0 Å². The highest BCUT2D eigenvalue weighted by Gasteiger charge is 2.23. The molecule has 0 aromatic heterocycles. The minimum Gasteiger partial charge on any atom is -0.379 e. The van der Waals surface area contributed by atoms with Gasteiger partial charge in [0.2, 0.25) is 0 Å². The van der Waals surface area contributed by atoms with Crippen molar-refractivity contribution in [3.05, 3.63) is 0 Å². The van der Waals surface area contributed by atoms with Crippen LogP contribution in [0.5, 0.6) is 0 Å². The van der Waals surface area contributed by atoms with E-state index in [4.69, 9.17) is 14.3 Å². The van der Waals surface area contributed by atoms with Crippen LogP contribution in [0.2, 0.25) is 0 Å². The van der Waals surface area contributed by atoms with Gasteiger partial charge in [0.1, 0.15) is 0 Å². The number of hydrogen-bond donors (Lipinski definition) is 0. The summed E-state index contributed by atoms with van der Waals surface area (Å²) in [5.41, 5.74) is 0. The van der Waals surface area contributed by atoms with Crippen LogP contribution in [0.3, 0.4) is 0 Å².